The number of nitrogens with zero attached hydrogens (tertiary/aromatic N) is 1. The van der Waals surface area contributed by atoms with Crippen LogP contribution in [0.15, 0.2) is 54.4 Å². The molecule has 126 valence electrons. The molecular weight excluding hydrogens is 346 g/mol. The van der Waals surface area contributed by atoms with E-state index in [9.17, 15) is 9.59 Å². The largest absolute Gasteiger partial charge is 0.286 e. The number of hydrogen-bond acceptors (Lipinski definition) is 4. The van der Waals surface area contributed by atoms with Crippen LogP contribution in [0.3, 0.4) is 0 Å². The lowest BCUT2D eigenvalue weighted by atomic mass is 10.2. The van der Waals surface area contributed by atoms with Crippen LogP contribution in [-0.2, 0) is 11.3 Å². The van der Waals surface area contributed by atoms with Gasteiger partial charge in [-0.15, -0.1) is 17.9 Å². The predicted molar refractivity (Wildman–Crippen MR) is 96.9 cm³/mol. The molecule has 0 atom stereocenters. The molecule has 0 bridgehead atoms. The maximum Gasteiger partial charge on any atom is 0.271 e. The van der Waals surface area contributed by atoms with Gasteiger partial charge in [0.05, 0.1) is 17.1 Å². The number of nitrogens with one attached hydrogen (secondary N) is 2. The minimum atomic E-state index is -0.456. The quantitative estimate of drug-likeness (QED) is 0.587. The molecule has 2 aromatic rings. The monoisotopic (exact) mass is 363 g/mol. The van der Waals surface area contributed by atoms with Gasteiger partial charge in [0.15, 0.2) is 0 Å². The SMILES string of the molecule is C=CCN(CC(=O)NNC(=O)c1ccccc1Cl)Cc1cccs1. The van der Waals surface area contributed by atoms with E-state index in [1.165, 1.54) is 0 Å². The zero-order valence-electron chi connectivity index (χ0n) is 13.0. The van der Waals surface area contributed by atoms with Crippen molar-refractivity contribution in [3.8, 4) is 0 Å². The van der Waals surface area contributed by atoms with Gasteiger partial charge in [0.2, 0.25) is 0 Å². The molecule has 0 fully saturated rings. The molecule has 2 rings (SSSR count). The molecule has 24 heavy (non-hydrogen) atoms. The molecule has 2 amide bonds. The summed E-state index contributed by atoms with van der Waals surface area (Å²) in [4.78, 5) is 27.1. The summed E-state index contributed by atoms with van der Waals surface area (Å²) >= 11 is 7.58. The standard InChI is InChI=1S/C17H18ClN3O2S/c1-2-9-21(11-13-6-5-10-24-13)12-16(22)19-20-17(23)14-7-3-4-8-15(14)18/h2-8,10H,1,9,11-12H2,(H,19,22)(H,20,23). The highest BCUT2D eigenvalue weighted by Gasteiger charge is 2.13. The number of hydrazine groups is 1. The van der Waals surface area contributed by atoms with Crippen LogP contribution >= 0.6 is 22.9 Å². The summed E-state index contributed by atoms with van der Waals surface area (Å²) in [5.41, 5.74) is 5.09. The number of thiophene rings is 1. The number of hydrogen-bond donors (Lipinski definition) is 2. The average Bonchev–Trinajstić information content (AvgIpc) is 3.06. The number of halogens is 1. The lowest BCUT2D eigenvalue weighted by Crippen LogP contribution is -2.46. The molecule has 1 heterocycles. The number of carbonyl (C=O) groups excluding carboxylic acids is 2. The summed E-state index contributed by atoms with van der Waals surface area (Å²) in [5, 5.41) is 2.32. The van der Waals surface area contributed by atoms with Gasteiger partial charge in [-0.25, -0.2) is 0 Å². The first-order valence-corrected chi connectivity index (χ1v) is 8.55. The predicted octanol–water partition coefficient (Wildman–Crippen LogP) is 2.85. The molecule has 0 aliphatic carbocycles. The lowest BCUT2D eigenvalue weighted by molar-refractivity contribution is -0.123. The number of carbonyl (C=O) groups is 2. The van der Waals surface area contributed by atoms with Crippen LogP contribution in [-0.4, -0.2) is 29.8 Å². The fraction of sp³-hybridized carbons (Fsp3) is 0.176. The molecule has 0 radical (unpaired) electrons. The first-order valence-electron chi connectivity index (χ1n) is 7.29. The summed E-state index contributed by atoms with van der Waals surface area (Å²) in [6, 6.07) is 10.6. The van der Waals surface area contributed by atoms with Crippen molar-refractivity contribution in [1.29, 1.82) is 0 Å². The Hall–Kier alpha value is -2.15. The third kappa shape index (κ3) is 5.49. The Morgan fingerprint density at radius 3 is 2.67 bits per heavy atom. The summed E-state index contributed by atoms with van der Waals surface area (Å²) in [6.07, 6.45) is 1.74. The fourth-order valence-corrected chi connectivity index (χ4v) is 3.04. The van der Waals surface area contributed by atoms with Gasteiger partial charge >= 0.3 is 0 Å². The van der Waals surface area contributed by atoms with Crippen LogP contribution in [0.5, 0.6) is 0 Å². The van der Waals surface area contributed by atoms with E-state index >= 15 is 0 Å². The Kier molecular flexibility index (Phi) is 6.99. The van der Waals surface area contributed by atoms with Gasteiger partial charge < -0.3 is 0 Å². The fourth-order valence-electron chi connectivity index (χ4n) is 2.07. The minimum Gasteiger partial charge on any atom is -0.286 e. The van der Waals surface area contributed by atoms with E-state index in [0.717, 1.165) is 4.88 Å². The smallest absolute Gasteiger partial charge is 0.271 e. The van der Waals surface area contributed by atoms with Crippen LogP contribution < -0.4 is 10.9 Å². The van der Waals surface area contributed by atoms with Crippen molar-refractivity contribution in [3.05, 3.63) is 69.9 Å². The molecule has 0 spiro atoms. The van der Waals surface area contributed by atoms with Gasteiger partial charge in [-0.05, 0) is 23.6 Å². The zero-order chi connectivity index (χ0) is 17.4. The van der Waals surface area contributed by atoms with Gasteiger partial charge in [0.25, 0.3) is 11.8 Å². The van der Waals surface area contributed by atoms with Crippen molar-refractivity contribution in [2.45, 2.75) is 6.54 Å². The first-order chi connectivity index (χ1) is 11.6. The van der Waals surface area contributed by atoms with Crippen LogP contribution in [0.25, 0.3) is 0 Å². The second-order valence-corrected chi connectivity index (χ2v) is 6.46. The molecule has 0 aliphatic heterocycles. The van der Waals surface area contributed by atoms with Crippen LogP contribution in [0.4, 0.5) is 0 Å². The lowest BCUT2D eigenvalue weighted by Gasteiger charge is -2.19. The second-order valence-electron chi connectivity index (χ2n) is 5.02. The maximum absolute atomic E-state index is 12.0. The highest BCUT2D eigenvalue weighted by molar-refractivity contribution is 7.09. The number of rotatable bonds is 7. The van der Waals surface area contributed by atoms with E-state index in [1.807, 2.05) is 22.4 Å². The summed E-state index contributed by atoms with van der Waals surface area (Å²) in [6.45, 7) is 5.07. The van der Waals surface area contributed by atoms with Gasteiger partial charge in [0, 0.05) is 18.0 Å². The molecule has 1 aromatic carbocycles. The summed E-state index contributed by atoms with van der Waals surface area (Å²) in [7, 11) is 0. The Morgan fingerprint density at radius 1 is 1.21 bits per heavy atom. The topological polar surface area (TPSA) is 61.4 Å². The third-order valence-electron chi connectivity index (χ3n) is 3.15. The van der Waals surface area contributed by atoms with E-state index in [0.29, 0.717) is 23.7 Å². The minimum absolute atomic E-state index is 0.146. The van der Waals surface area contributed by atoms with Crippen molar-refractivity contribution in [1.82, 2.24) is 15.8 Å². The summed E-state index contributed by atoms with van der Waals surface area (Å²) < 4.78 is 0. The Labute approximate surface area is 149 Å². The number of amides is 2. The molecule has 0 aliphatic rings. The van der Waals surface area contributed by atoms with Gasteiger partial charge in [-0.1, -0.05) is 35.9 Å². The highest BCUT2D eigenvalue weighted by Crippen LogP contribution is 2.14. The Balaban J connectivity index is 1.85. The van der Waals surface area contributed by atoms with Gasteiger partial charge in [0.1, 0.15) is 0 Å². The van der Waals surface area contributed by atoms with E-state index in [4.69, 9.17) is 11.6 Å². The van der Waals surface area contributed by atoms with Crippen LogP contribution in [0.2, 0.25) is 5.02 Å². The van der Waals surface area contributed by atoms with Crippen molar-refractivity contribution in [2.75, 3.05) is 13.1 Å². The molecule has 0 unspecified atom stereocenters. The molecule has 1 aromatic heterocycles. The molecule has 0 saturated heterocycles. The highest BCUT2D eigenvalue weighted by atomic mass is 35.5. The first kappa shape index (κ1) is 18.2. The zero-order valence-corrected chi connectivity index (χ0v) is 14.6. The second kappa shape index (κ2) is 9.22. The molecule has 2 N–H and O–H groups in total. The molecule has 5 nitrogen and oxygen atoms in total. The molecular formula is C17H18ClN3O2S. The van der Waals surface area contributed by atoms with Crippen molar-refractivity contribution in [2.24, 2.45) is 0 Å². The van der Waals surface area contributed by atoms with E-state index in [-0.39, 0.29) is 12.5 Å². The van der Waals surface area contributed by atoms with Gasteiger partial charge in [-0.2, -0.15) is 0 Å². The molecule has 0 saturated carbocycles. The third-order valence-corrected chi connectivity index (χ3v) is 4.34. The Morgan fingerprint density at radius 2 is 2.00 bits per heavy atom. The van der Waals surface area contributed by atoms with E-state index < -0.39 is 5.91 Å². The van der Waals surface area contributed by atoms with Gasteiger partial charge in [-0.3, -0.25) is 25.3 Å². The maximum atomic E-state index is 12.0. The normalized spacial score (nSPS) is 10.4. The Bertz CT molecular complexity index is 704. The van der Waals surface area contributed by atoms with Crippen molar-refractivity contribution >= 4 is 34.8 Å². The van der Waals surface area contributed by atoms with Crippen LogP contribution in [0, 0.1) is 0 Å². The van der Waals surface area contributed by atoms with Crippen molar-refractivity contribution in [3.63, 3.8) is 0 Å². The number of benzene rings is 1. The summed E-state index contributed by atoms with van der Waals surface area (Å²) in [5.74, 6) is -0.767. The van der Waals surface area contributed by atoms with E-state index in [2.05, 4.69) is 17.4 Å². The van der Waals surface area contributed by atoms with Crippen LogP contribution in [0.1, 0.15) is 15.2 Å². The van der Waals surface area contributed by atoms with E-state index in [1.54, 1.807) is 41.7 Å². The average molecular weight is 364 g/mol. The van der Waals surface area contributed by atoms with Crippen molar-refractivity contribution < 1.29 is 9.59 Å². The molecule has 7 heteroatoms.